The van der Waals surface area contributed by atoms with Crippen LogP contribution >= 0.6 is 20.4 Å². The van der Waals surface area contributed by atoms with Gasteiger partial charge in [-0.25, -0.2) is 0 Å². The van der Waals surface area contributed by atoms with E-state index >= 15 is 0 Å². The second-order valence-electron chi connectivity index (χ2n) is 0.192. The Morgan fingerprint density at radius 2 is 1.25 bits per heavy atom. The van der Waals surface area contributed by atoms with E-state index < -0.39 is 0 Å². The molecular weight excluding hydrogens is 88.2 g/mol. The number of hydrogen-bond acceptors (Lipinski definition) is 0. The lowest BCUT2D eigenvalue weighted by Gasteiger charge is -1.31. The van der Waals surface area contributed by atoms with Crippen LogP contribution in [0, 0.1) is 11.4 Å². The van der Waals surface area contributed by atoms with Crippen LogP contribution in [-0.2, 0) is 0 Å². The minimum Gasteiger partial charge on any atom is -0.0911 e. The lowest BCUT2D eigenvalue weighted by molar-refractivity contribution is 3.77. The molecule has 0 bridgehead atoms. The van der Waals surface area contributed by atoms with E-state index in [1.807, 2.05) is 0 Å². The van der Waals surface area contributed by atoms with Crippen molar-refractivity contribution in [2.45, 2.75) is 0 Å². The summed E-state index contributed by atoms with van der Waals surface area (Å²) in [5.74, 6) is 0. The van der Waals surface area contributed by atoms with Crippen molar-refractivity contribution in [3.8, 4) is 11.4 Å². The molecule has 0 saturated carbocycles. The molecule has 0 N–H and O–H groups in total. The SMILES string of the molecule is C#SS#C. The molecule has 0 aliphatic rings. The molecule has 0 aromatic rings. The van der Waals surface area contributed by atoms with Crippen LogP contribution in [0.5, 0.6) is 0 Å². The third-order valence-corrected chi connectivity index (χ3v) is 0.500. The summed E-state index contributed by atoms with van der Waals surface area (Å²) < 4.78 is 0. The Hall–Kier alpha value is 0. The van der Waals surface area contributed by atoms with Gasteiger partial charge < -0.3 is 0 Å². The van der Waals surface area contributed by atoms with Crippen molar-refractivity contribution in [1.82, 2.24) is 0 Å². The van der Waals surface area contributed by atoms with Gasteiger partial charge in [-0.1, -0.05) is 11.4 Å². The smallest absolute Gasteiger partial charge is 0.0367 e. The van der Waals surface area contributed by atoms with Gasteiger partial charge in [0.25, 0.3) is 0 Å². The zero-order valence-electron chi connectivity index (χ0n) is 1.97. The molecule has 4 heavy (non-hydrogen) atoms. The van der Waals surface area contributed by atoms with E-state index in [1.54, 1.807) is 0 Å². The first-order chi connectivity index (χ1) is 1.91. The standard InChI is InChI=1S/C2H2S2/c1-3-4-2/h1-2H. The summed E-state index contributed by atoms with van der Waals surface area (Å²) in [5.41, 5.74) is 9.56. The van der Waals surface area contributed by atoms with E-state index in [1.165, 1.54) is 0 Å². The highest BCUT2D eigenvalue weighted by atomic mass is 33.1. The molecule has 0 radical (unpaired) electrons. The molecule has 0 fully saturated rings. The zero-order chi connectivity index (χ0) is 3.41. The van der Waals surface area contributed by atoms with Gasteiger partial charge in [-0.3, -0.25) is 0 Å². The zero-order valence-corrected chi connectivity index (χ0v) is 3.60. The third kappa shape index (κ3) is 2.00. The predicted octanol–water partition coefficient (Wildman–Crippen LogP) is 1.55. The van der Waals surface area contributed by atoms with Crippen molar-refractivity contribution in [2.75, 3.05) is 0 Å². The fraction of sp³-hybridized carbons (Fsp3) is 0. The van der Waals surface area contributed by atoms with E-state index in [2.05, 4.69) is 0 Å². The largest absolute Gasteiger partial charge is 0.0911 e. The molecule has 2 heteroatoms. The van der Waals surface area contributed by atoms with E-state index in [4.69, 9.17) is 11.4 Å². The summed E-state index contributed by atoms with van der Waals surface area (Å²) in [6.07, 6.45) is 0. The van der Waals surface area contributed by atoms with Gasteiger partial charge in [0.05, 0.1) is 0 Å². The lowest BCUT2D eigenvalue weighted by Crippen LogP contribution is -0.778. The molecule has 0 atom stereocenters. The van der Waals surface area contributed by atoms with Crippen LogP contribution in [0.3, 0.4) is 0 Å². The van der Waals surface area contributed by atoms with Crippen molar-refractivity contribution in [3.63, 3.8) is 0 Å². The highest BCUT2D eigenvalue weighted by Gasteiger charge is 1.22. The van der Waals surface area contributed by atoms with Gasteiger partial charge in [-0.2, -0.15) is 0 Å². The average Bonchev–Trinajstić information content (AvgIpc) is 1.37. The summed E-state index contributed by atoms with van der Waals surface area (Å²) in [6, 6.07) is 0. The number of hydrogen-bond donors (Lipinski definition) is 0. The molecular formula is C2H2S2. The highest BCUT2D eigenvalue weighted by molar-refractivity contribution is 8.66. The van der Waals surface area contributed by atoms with Gasteiger partial charge in [0.2, 0.25) is 0 Å². The average molecular weight is 90.2 g/mol. The molecule has 0 saturated heterocycles. The summed E-state index contributed by atoms with van der Waals surface area (Å²) in [4.78, 5) is 0. The second kappa shape index (κ2) is 3.00. The fourth-order valence-corrected chi connectivity index (χ4v) is 0. The molecule has 0 aliphatic carbocycles. The Balaban J connectivity index is 3.14. The van der Waals surface area contributed by atoms with Crippen molar-refractivity contribution < 1.29 is 0 Å². The molecule has 0 spiro atoms. The van der Waals surface area contributed by atoms with Gasteiger partial charge in [-0.15, -0.1) is 0 Å². The minimum absolute atomic E-state index is 1.05. The first-order valence-electron chi connectivity index (χ1n) is 0.638. The van der Waals surface area contributed by atoms with Crippen LogP contribution in [0.25, 0.3) is 0 Å². The van der Waals surface area contributed by atoms with Crippen LogP contribution in [-0.4, -0.2) is 0 Å². The summed E-state index contributed by atoms with van der Waals surface area (Å²) in [5, 5.41) is 0. The topological polar surface area (TPSA) is 0 Å². The highest BCUT2D eigenvalue weighted by Crippen LogP contribution is 1.83. The first kappa shape index (κ1) is 4.00. The Kier molecular flexibility index (Phi) is 3.00. The fourth-order valence-electron chi connectivity index (χ4n) is 0. The monoisotopic (exact) mass is 90.0 g/mol. The lowest BCUT2D eigenvalue weighted by atomic mass is 12.0. The Labute approximate surface area is 32.4 Å². The van der Waals surface area contributed by atoms with Crippen LogP contribution in [0.2, 0.25) is 0 Å². The molecule has 0 aliphatic heterocycles. The molecule has 0 aromatic heterocycles. The van der Waals surface area contributed by atoms with E-state index in [-0.39, 0.29) is 0 Å². The van der Waals surface area contributed by atoms with Crippen molar-refractivity contribution in [1.29, 1.82) is 0 Å². The van der Waals surface area contributed by atoms with Crippen LogP contribution < -0.4 is 0 Å². The molecule has 0 unspecified atom stereocenters. The summed E-state index contributed by atoms with van der Waals surface area (Å²) >= 11 is 0. The van der Waals surface area contributed by atoms with E-state index in [0.717, 1.165) is 20.4 Å². The molecule has 0 amide bonds. The normalized spacial score (nSPS) is 4.50. The molecule has 0 aromatic carbocycles. The Morgan fingerprint density at radius 1 is 1.00 bits per heavy atom. The first-order valence-corrected chi connectivity index (χ1v) is 2.91. The second-order valence-corrected chi connectivity index (χ2v) is 1.73. The number of rotatable bonds is 0. The molecule has 22 valence electrons. The van der Waals surface area contributed by atoms with Gasteiger partial charge >= 0.3 is 0 Å². The van der Waals surface area contributed by atoms with Crippen molar-refractivity contribution in [3.05, 3.63) is 0 Å². The van der Waals surface area contributed by atoms with Crippen LogP contribution in [0.4, 0.5) is 0 Å². The van der Waals surface area contributed by atoms with Gasteiger partial charge in [-0.05, 0) is 20.4 Å². The maximum Gasteiger partial charge on any atom is -0.0367 e. The minimum atomic E-state index is 1.05. The van der Waals surface area contributed by atoms with Gasteiger partial charge in [0.1, 0.15) is 0 Å². The predicted molar refractivity (Wildman–Crippen MR) is 25.1 cm³/mol. The Bertz CT molecular complexity index is 59.0. The molecule has 0 heterocycles. The van der Waals surface area contributed by atoms with Gasteiger partial charge in [0, 0.05) is 0 Å². The molecule has 0 nitrogen and oxygen atoms in total. The van der Waals surface area contributed by atoms with E-state index in [9.17, 15) is 0 Å². The maximum atomic E-state index is 4.78. The van der Waals surface area contributed by atoms with Crippen molar-refractivity contribution in [2.24, 2.45) is 0 Å². The van der Waals surface area contributed by atoms with Crippen LogP contribution in [0.15, 0.2) is 0 Å². The summed E-state index contributed by atoms with van der Waals surface area (Å²) in [7, 11) is 2.10. The van der Waals surface area contributed by atoms with Crippen molar-refractivity contribution >= 4 is 20.4 Å². The maximum absolute atomic E-state index is 4.78. The molecule has 0 rings (SSSR count). The quantitative estimate of drug-likeness (QED) is 0.396. The third-order valence-electron chi connectivity index (χ3n) is 0.0556. The Morgan fingerprint density at radius 3 is 1.25 bits per heavy atom. The van der Waals surface area contributed by atoms with Gasteiger partial charge in [0.15, 0.2) is 0 Å². The van der Waals surface area contributed by atoms with E-state index in [0.29, 0.717) is 0 Å². The summed E-state index contributed by atoms with van der Waals surface area (Å²) in [6.45, 7) is 0. The van der Waals surface area contributed by atoms with Crippen LogP contribution in [0.1, 0.15) is 0 Å².